The summed E-state index contributed by atoms with van der Waals surface area (Å²) in [6.45, 7) is 2.70. The van der Waals surface area contributed by atoms with Crippen molar-refractivity contribution in [3.8, 4) is 5.75 Å². The van der Waals surface area contributed by atoms with Gasteiger partial charge in [-0.05, 0) is 49.6 Å². The molecule has 9 heteroatoms. The van der Waals surface area contributed by atoms with Crippen molar-refractivity contribution < 1.29 is 33.4 Å². The van der Waals surface area contributed by atoms with Gasteiger partial charge in [0.25, 0.3) is 17.7 Å². The molecule has 34 heavy (non-hydrogen) atoms. The highest BCUT2D eigenvalue weighted by atomic mass is 16.5. The van der Waals surface area contributed by atoms with Crippen LogP contribution in [0.25, 0.3) is 0 Å². The van der Waals surface area contributed by atoms with Crippen molar-refractivity contribution in [3.05, 3.63) is 64.7 Å². The number of carbonyl (C=O) groups is 4. The lowest BCUT2D eigenvalue weighted by Crippen LogP contribution is -2.34. The number of fused-ring (bicyclic) bond motifs is 1. The van der Waals surface area contributed by atoms with Gasteiger partial charge >= 0.3 is 5.97 Å². The lowest BCUT2D eigenvalue weighted by molar-refractivity contribution is -0.124. The Morgan fingerprint density at radius 3 is 2.50 bits per heavy atom. The molecule has 1 atom stereocenters. The van der Waals surface area contributed by atoms with Crippen molar-refractivity contribution in [1.82, 2.24) is 10.2 Å². The van der Waals surface area contributed by atoms with E-state index < -0.39 is 18.5 Å². The Morgan fingerprint density at radius 1 is 1.12 bits per heavy atom. The topological polar surface area (TPSA) is 111 Å². The molecule has 1 fully saturated rings. The number of nitrogens with one attached hydrogen (secondary N) is 1. The molecule has 0 unspecified atom stereocenters. The minimum atomic E-state index is -0.736. The van der Waals surface area contributed by atoms with E-state index in [0.717, 1.165) is 17.7 Å². The molecule has 0 aliphatic carbocycles. The molecule has 2 aliphatic heterocycles. The zero-order valence-electron chi connectivity index (χ0n) is 18.9. The van der Waals surface area contributed by atoms with E-state index in [2.05, 4.69) is 5.32 Å². The first-order chi connectivity index (χ1) is 16.5. The van der Waals surface area contributed by atoms with Crippen molar-refractivity contribution in [2.45, 2.75) is 32.4 Å². The maximum absolute atomic E-state index is 12.7. The Labute approximate surface area is 197 Å². The lowest BCUT2D eigenvalue weighted by Gasteiger charge is -2.16. The molecule has 2 aliphatic rings. The fourth-order valence-electron chi connectivity index (χ4n) is 3.97. The second kappa shape index (κ2) is 10.5. The van der Waals surface area contributed by atoms with E-state index >= 15 is 0 Å². The monoisotopic (exact) mass is 466 g/mol. The second-order valence-corrected chi connectivity index (χ2v) is 8.02. The minimum Gasteiger partial charge on any atom is -0.493 e. The SMILES string of the molecule is CCOc1ccc(CN2C(=O)c3ccccc3C2=O)cc1C(=O)OCC(=O)NC[C@H]1CCCO1. The van der Waals surface area contributed by atoms with E-state index in [9.17, 15) is 19.2 Å². The number of esters is 1. The maximum Gasteiger partial charge on any atom is 0.342 e. The molecule has 2 heterocycles. The van der Waals surface area contributed by atoms with Gasteiger partial charge in [0.2, 0.25) is 0 Å². The Hall–Kier alpha value is -3.72. The van der Waals surface area contributed by atoms with E-state index in [1.165, 1.54) is 6.07 Å². The van der Waals surface area contributed by atoms with Gasteiger partial charge < -0.3 is 19.5 Å². The molecule has 0 saturated carbocycles. The third-order valence-corrected chi connectivity index (χ3v) is 5.67. The zero-order valence-corrected chi connectivity index (χ0v) is 18.9. The summed E-state index contributed by atoms with van der Waals surface area (Å²) in [5.41, 5.74) is 1.37. The predicted octanol–water partition coefficient (Wildman–Crippen LogP) is 2.33. The molecule has 0 radical (unpaired) electrons. The third kappa shape index (κ3) is 5.09. The van der Waals surface area contributed by atoms with Gasteiger partial charge in [0, 0.05) is 13.2 Å². The van der Waals surface area contributed by atoms with Crippen LogP contribution in [-0.2, 0) is 20.8 Å². The van der Waals surface area contributed by atoms with Crippen molar-refractivity contribution in [2.75, 3.05) is 26.4 Å². The van der Waals surface area contributed by atoms with E-state index in [-0.39, 0.29) is 30.0 Å². The van der Waals surface area contributed by atoms with Crippen LogP contribution >= 0.6 is 0 Å². The average molecular weight is 466 g/mol. The summed E-state index contributed by atoms with van der Waals surface area (Å²) in [5.74, 6) is -1.65. The van der Waals surface area contributed by atoms with Crippen molar-refractivity contribution in [3.63, 3.8) is 0 Å². The predicted molar refractivity (Wildman–Crippen MR) is 121 cm³/mol. The zero-order chi connectivity index (χ0) is 24.1. The molecular weight excluding hydrogens is 440 g/mol. The Balaban J connectivity index is 1.42. The van der Waals surface area contributed by atoms with Crippen LogP contribution in [0.4, 0.5) is 0 Å². The second-order valence-electron chi connectivity index (χ2n) is 8.02. The van der Waals surface area contributed by atoms with Crippen LogP contribution in [0.1, 0.15) is 56.4 Å². The molecule has 1 N–H and O–H groups in total. The summed E-state index contributed by atoms with van der Waals surface area (Å²) in [7, 11) is 0. The number of rotatable bonds is 9. The number of imide groups is 1. The van der Waals surface area contributed by atoms with E-state index in [4.69, 9.17) is 14.2 Å². The molecule has 2 aromatic carbocycles. The molecule has 0 aromatic heterocycles. The molecule has 2 aromatic rings. The van der Waals surface area contributed by atoms with Crippen LogP contribution in [0.15, 0.2) is 42.5 Å². The molecule has 0 spiro atoms. The lowest BCUT2D eigenvalue weighted by atomic mass is 10.1. The van der Waals surface area contributed by atoms with Gasteiger partial charge in [-0.1, -0.05) is 18.2 Å². The molecule has 3 amide bonds. The van der Waals surface area contributed by atoms with Crippen molar-refractivity contribution in [2.24, 2.45) is 0 Å². The Bertz CT molecular complexity index is 1070. The summed E-state index contributed by atoms with van der Waals surface area (Å²) in [6.07, 6.45) is 1.84. The first kappa shape index (κ1) is 23.4. The molecular formula is C25H26N2O7. The quantitative estimate of drug-likeness (QED) is 0.446. The fraction of sp³-hybridized carbons (Fsp3) is 0.360. The van der Waals surface area contributed by atoms with Crippen LogP contribution in [0.5, 0.6) is 5.75 Å². The van der Waals surface area contributed by atoms with Gasteiger partial charge in [0.05, 0.1) is 30.4 Å². The smallest absolute Gasteiger partial charge is 0.342 e. The number of ether oxygens (including phenoxy) is 3. The number of nitrogens with zero attached hydrogens (tertiary/aromatic N) is 1. The maximum atomic E-state index is 12.7. The minimum absolute atomic E-state index is 0.0111. The van der Waals surface area contributed by atoms with Crippen LogP contribution < -0.4 is 10.1 Å². The van der Waals surface area contributed by atoms with E-state index in [1.54, 1.807) is 43.3 Å². The number of hydrogen-bond donors (Lipinski definition) is 1. The van der Waals surface area contributed by atoms with Gasteiger partial charge in [0.15, 0.2) is 6.61 Å². The average Bonchev–Trinajstić information content (AvgIpc) is 3.45. The van der Waals surface area contributed by atoms with Crippen molar-refractivity contribution in [1.29, 1.82) is 0 Å². The highest BCUT2D eigenvalue weighted by molar-refractivity contribution is 6.21. The molecule has 1 saturated heterocycles. The summed E-state index contributed by atoms with van der Waals surface area (Å²) < 4.78 is 16.2. The normalized spacial score (nSPS) is 17.0. The van der Waals surface area contributed by atoms with Crippen LogP contribution in [-0.4, -0.2) is 61.1 Å². The standard InChI is InChI=1S/C25H26N2O7/c1-2-32-21-10-9-16(14-27-23(29)18-7-3-4-8-19(18)24(27)30)12-20(21)25(31)34-15-22(28)26-13-17-6-5-11-33-17/h3-4,7-10,12,17H,2,5-6,11,13-15H2,1H3,(H,26,28)/t17-/m1/s1. The summed E-state index contributed by atoms with van der Waals surface area (Å²) in [4.78, 5) is 51.3. The van der Waals surface area contributed by atoms with Gasteiger partial charge in [-0.15, -0.1) is 0 Å². The highest BCUT2D eigenvalue weighted by Gasteiger charge is 2.35. The van der Waals surface area contributed by atoms with Gasteiger partial charge in [0.1, 0.15) is 11.3 Å². The number of amides is 3. The Morgan fingerprint density at radius 2 is 1.85 bits per heavy atom. The molecule has 9 nitrogen and oxygen atoms in total. The van der Waals surface area contributed by atoms with E-state index in [0.29, 0.717) is 42.2 Å². The summed E-state index contributed by atoms with van der Waals surface area (Å²) in [5, 5.41) is 2.70. The van der Waals surface area contributed by atoms with E-state index in [1.807, 2.05) is 0 Å². The molecule has 4 rings (SSSR count). The largest absolute Gasteiger partial charge is 0.493 e. The van der Waals surface area contributed by atoms with Crippen molar-refractivity contribution >= 4 is 23.7 Å². The first-order valence-electron chi connectivity index (χ1n) is 11.2. The number of benzene rings is 2. The fourth-order valence-corrected chi connectivity index (χ4v) is 3.97. The third-order valence-electron chi connectivity index (χ3n) is 5.67. The Kier molecular flexibility index (Phi) is 7.22. The van der Waals surface area contributed by atoms with Gasteiger partial charge in [-0.25, -0.2) is 4.79 Å². The molecule has 0 bridgehead atoms. The van der Waals surface area contributed by atoms with Gasteiger partial charge in [-0.2, -0.15) is 0 Å². The van der Waals surface area contributed by atoms with Gasteiger partial charge in [-0.3, -0.25) is 19.3 Å². The summed E-state index contributed by atoms with van der Waals surface area (Å²) in [6, 6.07) is 11.4. The number of carbonyl (C=O) groups excluding carboxylic acids is 4. The van der Waals surface area contributed by atoms with Crippen LogP contribution in [0.3, 0.4) is 0 Å². The number of hydrogen-bond acceptors (Lipinski definition) is 7. The highest BCUT2D eigenvalue weighted by Crippen LogP contribution is 2.27. The van der Waals surface area contributed by atoms with Crippen LogP contribution in [0.2, 0.25) is 0 Å². The van der Waals surface area contributed by atoms with Crippen LogP contribution in [0, 0.1) is 0 Å². The molecule has 178 valence electrons. The summed E-state index contributed by atoms with van der Waals surface area (Å²) >= 11 is 0. The first-order valence-corrected chi connectivity index (χ1v) is 11.2.